The molecule has 1 aromatic rings. The van der Waals surface area contributed by atoms with Gasteiger partial charge in [-0.2, -0.15) is 0 Å². The van der Waals surface area contributed by atoms with Gasteiger partial charge in [0, 0.05) is 16.1 Å². The lowest BCUT2D eigenvalue weighted by Crippen LogP contribution is -2.39. The van der Waals surface area contributed by atoms with Crippen molar-refractivity contribution >= 4 is 23.2 Å². The Bertz CT molecular complexity index is 335. The standard InChI is InChI=1S/C12H19Cl2N3/c1-17(2)7-6-9(16-15)8-10-11(13)4-3-5-12(10)14/h3-5,9,16H,6-8,15H2,1-2H3. The lowest BCUT2D eigenvalue weighted by atomic mass is 10.0. The van der Waals surface area contributed by atoms with Crippen molar-refractivity contribution < 1.29 is 0 Å². The van der Waals surface area contributed by atoms with Gasteiger partial charge < -0.3 is 4.90 Å². The number of nitrogens with one attached hydrogen (secondary N) is 1. The van der Waals surface area contributed by atoms with Crippen molar-refractivity contribution in [2.45, 2.75) is 18.9 Å². The summed E-state index contributed by atoms with van der Waals surface area (Å²) in [5, 5.41) is 1.39. The molecule has 0 saturated carbocycles. The highest BCUT2D eigenvalue weighted by Gasteiger charge is 2.13. The van der Waals surface area contributed by atoms with Crippen molar-refractivity contribution in [3.8, 4) is 0 Å². The van der Waals surface area contributed by atoms with Crippen LogP contribution in [0.1, 0.15) is 12.0 Å². The van der Waals surface area contributed by atoms with E-state index < -0.39 is 0 Å². The van der Waals surface area contributed by atoms with Crippen LogP contribution in [0.4, 0.5) is 0 Å². The topological polar surface area (TPSA) is 41.3 Å². The van der Waals surface area contributed by atoms with Crippen LogP contribution in [0.15, 0.2) is 18.2 Å². The highest BCUT2D eigenvalue weighted by Crippen LogP contribution is 2.25. The molecule has 0 spiro atoms. The maximum atomic E-state index is 6.13. The average Bonchev–Trinajstić information content (AvgIpc) is 2.27. The Morgan fingerprint density at radius 1 is 1.29 bits per heavy atom. The van der Waals surface area contributed by atoms with Gasteiger partial charge in [-0.15, -0.1) is 0 Å². The Kier molecular flexibility index (Phi) is 6.23. The first-order valence-electron chi connectivity index (χ1n) is 5.58. The Morgan fingerprint density at radius 2 is 1.88 bits per heavy atom. The number of hydrogen-bond donors (Lipinski definition) is 2. The van der Waals surface area contributed by atoms with Gasteiger partial charge in [-0.3, -0.25) is 11.3 Å². The summed E-state index contributed by atoms with van der Waals surface area (Å²) in [6.07, 6.45) is 1.69. The van der Waals surface area contributed by atoms with Crippen LogP contribution in [0.25, 0.3) is 0 Å². The molecule has 5 heteroatoms. The van der Waals surface area contributed by atoms with Crippen LogP contribution in [-0.2, 0) is 6.42 Å². The third kappa shape index (κ3) is 4.82. The number of hydrazine groups is 1. The summed E-state index contributed by atoms with van der Waals surface area (Å²) in [7, 11) is 4.08. The number of nitrogens with zero attached hydrogens (tertiary/aromatic N) is 1. The number of halogens is 2. The van der Waals surface area contributed by atoms with Crippen molar-refractivity contribution in [3.63, 3.8) is 0 Å². The molecule has 0 saturated heterocycles. The lowest BCUT2D eigenvalue weighted by molar-refractivity contribution is 0.358. The van der Waals surface area contributed by atoms with E-state index in [9.17, 15) is 0 Å². The molecule has 3 N–H and O–H groups in total. The number of hydrogen-bond acceptors (Lipinski definition) is 3. The molecule has 0 aromatic heterocycles. The quantitative estimate of drug-likeness (QED) is 0.619. The summed E-state index contributed by atoms with van der Waals surface area (Å²) in [5.74, 6) is 5.55. The Labute approximate surface area is 113 Å². The lowest BCUT2D eigenvalue weighted by Gasteiger charge is -2.19. The van der Waals surface area contributed by atoms with E-state index in [4.69, 9.17) is 29.0 Å². The molecule has 17 heavy (non-hydrogen) atoms. The third-order valence-corrected chi connectivity index (χ3v) is 3.38. The average molecular weight is 276 g/mol. The smallest absolute Gasteiger partial charge is 0.0453 e. The monoisotopic (exact) mass is 275 g/mol. The van der Waals surface area contributed by atoms with Gasteiger partial charge in [0.2, 0.25) is 0 Å². The molecule has 1 unspecified atom stereocenters. The number of nitrogens with two attached hydrogens (primary N) is 1. The molecule has 1 aromatic carbocycles. The van der Waals surface area contributed by atoms with E-state index >= 15 is 0 Å². The largest absolute Gasteiger partial charge is 0.309 e. The molecule has 0 aliphatic rings. The van der Waals surface area contributed by atoms with Crippen LogP contribution in [0.2, 0.25) is 10.0 Å². The van der Waals surface area contributed by atoms with Crippen LogP contribution in [0.5, 0.6) is 0 Å². The summed E-state index contributed by atoms with van der Waals surface area (Å²) in [6.45, 7) is 0.969. The van der Waals surface area contributed by atoms with Crippen molar-refractivity contribution in [2.24, 2.45) is 5.84 Å². The van der Waals surface area contributed by atoms with E-state index in [1.54, 1.807) is 0 Å². The minimum atomic E-state index is 0.176. The zero-order valence-corrected chi connectivity index (χ0v) is 11.7. The molecule has 0 aliphatic carbocycles. The third-order valence-electron chi connectivity index (χ3n) is 2.67. The van der Waals surface area contributed by atoms with Gasteiger partial charge in [-0.05, 0) is 51.2 Å². The molecular weight excluding hydrogens is 257 g/mol. The predicted octanol–water partition coefficient (Wildman–Crippen LogP) is 2.32. The van der Waals surface area contributed by atoms with Crippen LogP contribution in [0, 0.1) is 0 Å². The van der Waals surface area contributed by atoms with Gasteiger partial charge in [-0.1, -0.05) is 29.3 Å². The Morgan fingerprint density at radius 3 is 2.35 bits per heavy atom. The molecule has 0 fully saturated rings. The molecule has 1 rings (SSSR count). The minimum Gasteiger partial charge on any atom is -0.309 e. The molecule has 0 amide bonds. The van der Waals surface area contributed by atoms with Crippen LogP contribution < -0.4 is 11.3 Å². The first-order chi connectivity index (χ1) is 8.04. The molecular formula is C12H19Cl2N3. The fraction of sp³-hybridized carbons (Fsp3) is 0.500. The van der Waals surface area contributed by atoms with E-state index in [0.717, 1.165) is 24.9 Å². The second-order valence-electron chi connectivity index (χ2n) is 4.36. The van der Waals surface area contributed by atoms with Gasteiger partial charge in [-0.25, -0.2) is 0 Å². The maximum absolute atomic E-state index is 6.13. The SMILES string of the molecule is CN(C)CCC(Cc1c(Cl)cccc1Cl)NN. The van der Waals surface area contributed by atoms with Crippen molar-refractivity contribution in [1.29, 1.82) is 0 Å². The molecule has 1 atom stereocenters. The molecule has 3 nitrogen and oxygen atoms in total. The molecule has 0 heterocycles. The molecule has 0 aliphatic heterocycles. The highest BCUT2D eigenvalue weighted by atomic mass is 35.5. The summed E-state index contributed by atoms with van der Waals surface area (Å²) < 4.78 is 0. The van der Waals surface area contributed by atoms with Crippen LogP contribution in [0.3, 0.4) is 0 Å². The predicted molar refractivity (Wildman–Crippen MR) is 74.4 cm³/mol. The van der Waals surface area contributed by atoms with Crippen molar-refractivity contribution in [3.05, 3.63) is 33.8 Å². The maximum Gasteiger partial charge on any atom is 0.0453 e. The zero-order chi connectivity index (χ0) is 12.8. The fourth-order valence-electron chi connectivity index (χ4n) is 1.63. The van der Waals surface area contributed by atoms with Crippen molar-refractivity contribution in [1.82, 2.24) is 10.3 Å². The first-order valence-corrected chi connectivity index (χ1v) is 6.34. The number of benzene rings is 1. The van der Waals surface area contributed by atoms with E-state index in [1.165, 1.54) is 0 Å². The molecule has 96 valence electrons. The summed E-state index contributed by atoms with van der Waals surface area (Å²) in [4.78, 5) is 2.12. The van der Waals surface area contributed by atoms with Crippen molar-refractivity contribution in [2.75, 3.05) is 20.6 Å². The summed E-state index contributed by atoms with van der Waals surface area (Å²) in [5.41, 5.74) is 3.77. The van der Waals surface area contributed by atoms with Gasteiger partial charge in [0.1, 0.15) is 0 Å². The minimum absolute atomic E-state index is 0.176. The van der Waals surface area contributed by atoms with E-state index in [2.05, 4.69) is 10.3 Å². The molecule has 0 radical (unpaired) electrons. The van der Waals surface area contributed by atoms with Gasteiger partial charge in [0.25, 0.3) is 0 Å². The zero-order valence-electron chi connectivity index (χ0n) is 10.2. The van der Waals surface area contributed by atoms with Crippen LogP contribution in [-0.4, -0.2) is 31.6 Å². The first kappa shape index (κ1) is 14.7. The van der Waals surface area contributed by atoms with E-state index in [0.29, 0.717) is 10.0 Å². The Balaban J connectivity index is 2.67. The second-order valence-corrected chi connectivity index (χ2v) is 5.17. The fourth-order valence-corrected chi connectivity index (χ4v) is 2.18. The van der Waals surface area contributed by atoms with Crippen LogP contribution >= 0.6 is 23.2 Å². The summed E-state index contributed by atoms with van der Waals surface area (Å²) in [6, 6.07) is 5.72. The Hall–Kier alpha value is -0.320. The summed E-state index contributed by atoms with van der Waals surface area (Å²) >= 11 is 12.3. The normalized spacial score (nSPS) is 13.1. The van der Waals surface area contributed by atoms with Gasteiger partial charge >= 0.3 is 0 Å². The van der Waals surface area contributed by atoms with Gasteiger partial charge in [0.15, 0.2) is 0 Å². The van der Waals surface area contributed by atoms with Gasteiger partial charge in [0.05, 0.1) is 0 Å². The second kappa shape index (κ2) is 7.19. The van der Waals surface area contributed by atoms with E-state index in [1.807, 2.05) is 32.3 Å². The van der Waals surface area contributed by atoms with E-state index in [-0.39, 0.29) is 6.04 Å². The molecule has 0 bridgehead atoms. The highest BCUT2D eigenvalue weighted by molar-refractivity contribution is 6.35. The number of rotatable bonds is 6.